The maximum Gasteiger partial charge on any atom is 0.222 e. The van der Waals surface area contributed by atoms with Gasteiger partial charge in [-0.15, -0.1) is 10.2 Å². The second-order valence-electron chi connectivity index (χ2n) is 7.03. The first kappa shape index (κ1) is 16.9. The summed E-state index contributed by atoms with van der Waals surface area (Å²) in [6.45, 7) is 7.68. The lowest BCUT2D eigenvalue weighted by molar-refractivity contribution is 0.271. The molecule has 1 aliphatic heterocycles. The number of hydrogen-bond acceptors (Lipinski definition) is 7. The van der Waals surface area contributed by atoms with Crippen LogP contribution < -0.4 is 10.6 Å². The Morgan fingerprint density at radius 1 is 0.964 bits per heavy atom. The van der Waals surface area contributed by atoms with E-state index >= 15 is 0 Å². The third-order valence-electron chi connectivity index (χ3n) is 5.47. The Morgan fingerprint density at radius 2 is 1.75 bits per heavy atom. The zero-order chi connectivity index (χ0) is 19.1. The molecule has 0 unspecified atom stereocenters. The number of benzene rings is 1. The van der Waals surface area contributed by atoms with E-state index < -0.39 is 0 Å². The van der Waals surface area contributed by atoms with E-state index in [1.54, 1.807) is 6.33 Å². The number of aromatic nitrogens is 5. The van der Waals surface area contributed by atoms with Crippen LogP contribution in [0.4, 0.5) is 11.6 Å². The SMILES string of the molecule is CCN1CCN(c2ccc(-c3nc(N)nc4c3ccc3nncn34)cc2)CC1. The number of nitrogen functional groups attached to an aromatic ring is 1. The highest BCUT2D eigenvalue weighted by atomic mass is 15.3. The van der Waals surface area contributed by atoms with Crippen molar-refractivity contribution in [1.82, 2.24) is 29.5 Å². The Hall–Kier alpha value is -3.26. The number of anilines is 2. The van der Waals surface area contributed by atoms with Gasteiger partial charge in [0.25, 0.3) is 0 Å². The first-order chi connectivity index (χ1) is 13.7. The summed E-state index contributed by atoms with van der Waals surface area (Å²) in [5, 5.41) is 8.96. The summed E-state index contributed by atoms with van der Waals surface area (Å²) in [5.41, 5.74) is 10.5. The van der Waals surface area contributed by atoms with Crippen molar-refractivity contribution in [3.63, 3.8) is 0 Å². The van der Waals surface area contributed by atoms with Crippen molar-refractivity contribution in [2.45, 2.75) is 6.92 Å². The van der Waals surface area contributed by atoms with Gasteiger partial charge < -0.3 is 15.5 Å². The van der Waals surface area contributed by atoms with E-state index in [9.17, 15) is 0 Å². The second kappa shape index (κ2) is 6.72. The van der Waals surface area contributed by atoms with Crippen molar-refractivity contribution < 1.29 is 0 Å². The van der Waals surface area contributed by atoms with E-state index in [1.165, 1.54) is 5.69 Å². The van der Waals surface area contributed by atoms with E-state index in [0.717, 1.165) is 55.0 Å². The minimum atomic E-state index is 0.239. The molecule has 4 aromatic rings. The number of hydrogen-bond donors (Lipinski definition) is 1. The summed E-state index contributed by atoms with van der Waals surface area (Å²) in [5.74, 6) is 0.239. The van der Waals surface area contributed by atoms with Gasteiger partial charge in [-0.3, -0.25) is 4.40 Å². The fraction of sp³-hybridized carbons (Fsp3) is 0.300. The van der Waals surface area contributed by atoms with Crippen molar-refractivity contribution in [3.05, 3.63) is 42.7 Å². The van der Waals surface area contributed by atoms with Crippen molar-refractivity contribution in [1.29, 1.82) is 0 Å². The average Bonchev–Trinajstić information content (AvgIpc) is 3.23. The molecule has 0 amide bonds. The molecule has 5 rings (SSSR count). The third kappa shape index (κ3) is 2.82. The maximum absolute atomic E-state index is 6.01. The van der Waals surface area contributed by atoms with Gasteiger partial charge >= 0.3 is 0 Å². The van der Waals surface area contributed by atoms with Gasteiger partial charge in [-0.1, -0.05) is 19.1 Å². The van der Waals surface area contributed by atoms with Crippen LogP contribution in [0.1, 0.15) is 6.92 Å². The summed E-state index contributed by atoms with van der Waals surface area (Å²) in [4.78, 5) is 13.8. The molecule has 2 N–H and O–H groups in total. The van der Waals surface area contributed by atoms with Crippen LogP contribution in [0.3, 0.4) is 0 Å². The topological polar surface area (TPSA) is 88.5 Å². The smallest absolute Gasteiger partial charge is 0.222 e. The zero-order valence-electron chi connectivity index (χ0n) is 15.8. The molecule has 0 saturated carbocycles. The number of likely N-dealkylation sites (N-methyl/N-ethyl adjacent to an activating group) is 1. The average molecular weight is 374 g/mol. The lowest BCUT2D eigenvalue weighted by Crippen LogP contribution is -2.46. The second-order valence-corrected chi connectivity index (χ2v) is 7.03. The Labute approximate surface area is 162 Å². The van der Waals surface area contributed by atoms with Crippen molar-refractivity contribution in [3.8, 4) is 11.3 Å². The normalized spacial score (nSPS) is 15.5. The van der Waals surface area contributed by atoms with Gasteiger partial charge in [-0.05, 0) is 30.8 Å². The quantitative estimate of drug-likeness (QED) is 0.587. The van der Waals surface area contributed by atoms with Crippen LogP contribution in [-0.2, 0) is 0 Å². The summed E-state index contributed by atoms with van der Waals surface area (Å²) < 4.78 is 1.83. The largest absolute Gasteiger partial charge is 0.369 e. The maximum atomic E-state index is 6.01. The van der Waals surface area contributed by atoms with E-state index in [0.29, 0.717) is 5.65 Å². The monoisotopic (exact) mass is 374 g/mol. The molecule has 0 aliphatic carbocycles. The summed E-state index contributed by atoms with van der Waals surface area (Å²) in [7, 11) is 0. The third-order valence-corrected chi connectivity index (χ3v) is 5.47. The van der Waals surface area contributed by atoms with Crippen LogP contribution in [0.5, 0.6) is 0 Å². The van der Waals surface area contributed by atoms with E-state index in [1.807, 2.05) is 16.5 Å². The summed E-state index contributed by atoms with van der Waals surface area (Å²) >= 11 is 0. The molecule has 0 radical (unpaired) electrons. The van der Waals surface area contributed by atoms with Crippen LogP contribution in [0.25, 0.3) is 27.9 Å². The van der Waals surface area contributed by atoms with Crippen LogP contribution in [0, 0.1) is 0 Å². The van der Waals surface area contributed by atoms with Gasteiger partial charge in [0.1, 0.15) is 6.33 Å². The Bertz CT molecular complexity index is 1130. The van der Waals surface area contributed by atoms with Crippen LogP contribution in [0.15, 0.2) is 42.7 Å². The van der Waals surface area contributed by atoms with Gasteiger partial charge in [0.2, 0.25) is 5.95 Å². The van der Waals surface area contributed by atoms with Crippen molar-refractivity contribution in [2.75, 3.05) is 43.4 Å². The van der Waals surface area contributed by atoms with Crippen LogP contribution >= 0.6 is 0 Å². The van der Waals surface area contributed by atoms with E-state index in [2.05, 4.69) is 61.2 Å². The molecule has 8 heteroatoms. The molecular formula is C20H22N8. The minimum absolute atomic E-state index is 0.239. The predicted octanol–water partition coefficient (Wildman–Crippen LogP) is 2.06. The minimum Gasteiger partial charge on any atom is -0.369 e. The highest BCUT2D eigenvalue weighted by molar-refractivity contribution is 5.92. The Morgan fingerprint density at radius 3 is 2.50 bits per heavy atom. The van der Waals surface area contributed by atoms with Crippen molar-refractivity contribution in [2.24, 2.45) is 0 Å². The molecule has 4 heterocycles. The van der Waals surface area contributed by atoms with Gasteiger partial charge in [-0.2, -0.15) is 4.98 Å². The molecular weight excluding hydrogens is 352 g/mol. The standard InChI is InChI=1S/C20H22N8/c1-2-26-9-11-27(12-10-26)15-5-3-14(4-6-15)18-16-7-8-17-25-22-13-28(17)19(16)24-20(21)23-18/h3-8,13H,2,9-12H2,1H3,(H2,21,23,24). The van der Waals surface area contributed by atoms with Crippen molar-refractivity contribution >= 4 is 28.3 Å². The lowest BCUT2D eigenvalue weighted by Gasteiger charge is -2.35. The molecule has 0 atom stereocenters. The van der Waals surface area contributed by atoms with Crippen LogP contribution in [-0.4, -0.2) is 62.2 Å². The van der Waals surface area contributed by atoms with Gasteiger partial charge in [0, 0.05) is 42.8 Å². The lowest BCUT2D eigenvalue weighted by atomic mass is 10.1. The molecule has 1 saturated heterocycles. The zero-order valence-corrected chi connectivity index (χ0v) is 15.8. The number of rotatable bonds is 3. The fourth-order valence-electron chi connectivity index (χ4n) is 3.86. The highest BCUT2D eigenvalue weighted by Gasteiger charge is 2.17. The molecule has 0 bridgehead atoms. The molecule has 28 heavy (non-hydrogen) atoms. The number of piperazine rings is 1. The van der Waals surface area contributed by atoms with E-state index in [-0.39, 0.29) is 5.95 Å². The fourth-order valence-corrected chi connectivity index (χ4v) is 3.86. The molecule has 3 aromatic heterocycles. The number of nitrogens with zero attached hydrogens (tertiary/aromatic N) is 7. The highest BCUT2D eigenvalue weighted by Crippen LogP contribution is 2.29. The molecule has 1 aromatic carbocycles. The first-order valence-corrected chi connectivity index (χ1v) is 9.56. The molecule has 8 nitrogen and oxygen atoms in total. The summed E-state index contributed by atoms with van der Waals surface area (Å²) in [6.07, 6.45) is 1.65. The molecule has 142 valence electrons. The summed E-state index contributed by atoms with van der Waals surface area (Å²) in [6, 6.07) is 12.4. The van der Waals surface area contributed by atoms with E-state index in [4.69, 9.17) is 5.73 Å². The molecule has 0 spiro atoms. The number of pyridine rings is 1. The first-order valence-electron chi connectivity index (χ1n) is 9.56. The Kier molecular flexibility index (Phi) is 4.05. The number of fused-ring (bicyclic) bond motifs is 3. The van der Waals surface area contributed by atoms with Crippen LogP contribution in [0.2, 0.25) is 0 Å². The molecule has 1 aliphatic rings. The van der Waals surface area contributed by atoms with Gasteiger partial charge in [0.15, 0.2) is 11.3 Å². The predicted molar refractivity (Wildman–Crippen MR) is 110 cm³/mol. The number of nitrogens with two attached hydrogens (primary N) is 1. The van der Waals surface area contributed by atoms with Gasteiger partial charge in [0.05, 0.1) is 5.69 Å². The van der Waals surface area contributed by atoms with Gasteiger partial charge in [-0.25, -0.2) is 4.98 Å². The molecule has 1 fully saturated rings. The Balaban J connectivity index is 1.52.